The van der Waals surface area contributed by atoms with Crippen LogP contribution in [0.25, 0.3) is 0 Å². The van der Waals surface area contributed by atoms with E-state index in [-0.39, 0.29) is 29.3 Å². The number of carboxylic acid groups (broad SMARTS) is 1. The number of hydrogen-bond acceptors (Lipinski definition) is 3. The molecule has 2 aliphatic carbocycles. The molecule has 2 fully saturated rings. The topological polar surface area (TPSA) is 71.4 Å². The van der Waals surface area contributed by atoms with E-state index in [4.69, 9.17) is 5.11 Å². The first-order valence-corrected chi connectivity index (χ1v) is 5.27. The number of Topliss-reactive ketones (excluding diaryl/α,β-unsaturated/α-hetero) is 2. The molecule has 2 aliphatic rings. The summed E-state index contributed by atoms with van der Waals surface area (Å²) in [5, 5.41) is 8.65. The minimum atomic E-state index is -0.846. The Balaban J connectivity index is 2.11. The van der Waals surface area contributed by atoms with Crippen LogP contribution in [-0.2, 0) is 14.4 Å². The molecule has 0 radical (unpaired) electrons. The fourth-order valence-corrected chi connectivity index (χ4v) is 3.07. The highest BCUT2D eigenvalue weighted by atomic mass is 16.4. The van der Waals surface area contributed by atoms with Crippen LogP contribution in [0.1, 0.15) is 38.5 Å². The van der Waals surface area contributed by atoms with E-state index in [1.54, 1.807) is 0 Å². The Morgan fingerprint density at radius 3 is 2.27 bits per heavy atom. The lowest BCUT2D eigenvalue weighted by Crippen LogP contribution is -2.21. The lowest BCUT2D eigenvalue weighted by atomic mass is 9.76. The second-order valence-corrected chi connectivity index (χ2v) is 4.79. The summed E-state index contributed by atoms with van der Waals surface area (Å²) in [4.78, 5) is 33.2. The zero-order valence-electron chi connectivity index (χ0n) is 8.49. The maximum atomic E-state index is 11.4. The molecular formula is C11H14O4. The van der Waals surface area contributed by atoms with Crippen LogP contribution < -0.4 is 0 Å². The fraction of sp³-hybridized carbons (Fsp3) is 0.727. The Kier molecular flexibility index (Phi) is 2.37. The van der Waals surface area contributed by atoms with Gasteiger partial charge in [0.15, 0.2) is 0 Å². The van der Waals surface area contributed by atoms with Gasteiger partial charge in [-0.3, -0.25) is 14.4 Å². The van der Waals surface area contributed by atoms with Gasteiger partial charge in [-0.1, -0.05) is 0 Å². The first-order chi connectivity index (χ1) is 7.02. The van der Waals surface area contributed by atoms with Gasteiger partial charge in [-0.05, 0) is 17.8 Å². The van der Waals surface area contributed by atoms with Crippen molar-refractivity contribution in [3.8, 4) is 0 Å². The molecule has 82 valence electrons. The van der Waals surface area contributed by atoms with Crippen molar-refractivity contribution >= 4 is 17.5 Å². The summed E-state index contributed by atoms with van der Waals surface area (Å²) >= 11 is 0. The van der Waals surface area contributed by atoms with Gasteiger partial charge < -0.3 is 5.11 Å². The second-order valence-electron chi connectivity index (χ2n) is 4.79. The average molecular weight is 210 g/mol. The number of rotatable bonds is 3. The highest BCUT2D eigenvalue weighted by Gasteiger charge is 2.52. The maximum absolute atomic E-state index is 11.4. The van der Waals surface area contributed by atoms with E-state index in [1.165, 1.54) is 0 Å². The van der Waals surface area contributed by atoms with Crippen molar-refractivity contribution in [1.82, 2.24) is 0 Å². The van der Waals surface area contributed by atoms with Crippen molar-refractivity contribution in [2.45, 2.75) is 38.5 Å². The molecule has 4 nitrogen and oxygen atoms in total. The number of carboxylic acids is 1. The molecule has 0 heterocycles. The Morgan fingerprint density at radius 1 is 1.27 bits per heavy atom. The molecule has 15 heavy (non-hydrogen) atoms. The lowest BCUT2D eigenvalue weighted by Gasteiger charge is -2.26. The first-order valence-electron chi connectivity index (χ1n) is 5.27. The second kappa shape index (κ2) is 3.43. The van der Waals surface area contributed by atoms with Gasteiger partial charge in [0.1, 0.15) is 11.6 Å². The van der Waals surface area contributed by atoms with Crippen molar-refractivity contribution in [2.24, 2.45) is 11.3 Å². The van der Waals surface area contributed by atoms with Crippen LogP contribution in [0.2, 0.25) is 0 Å². The number of hydrogen-bond donors (Lipinski definition) is 1. The minimum absolute atomic E-state index is 0.0665. The Hall–Kier alpha value is -1.19. The summed E-state index contributed by atoms with van der Waals surface area (Å²) in [5.41, 5.74) is -0.299. The van der Waals surface area contributed by atoms with Crippen molar-refractivity contribution in [1.29, 1.82) is 0 Å². The van der Waals surface area contributed by atoms with Crippen molar-refractivity contribution in [3.05, 3.63) is 0 Å². The molecule has 0 amide bonds. The minimum Gasteiger partial charge on any atom is -0.481 e. The number of carbonyl (C=O) groups excluding carboxylic acids is 2. The van der Waals surface area contributed by atoms with Crippen LogP contribution in [0.4, 0.5) is 0 Å². The Bertz CT molecular complexity index is 311. The predicted molar refractivity (Wildman–Crippen MR) is 51.3 cm³/mol. The number of ketones is 2. The molecule has 0 saturated heterocycles. The van der Waals surface area contributed by atoms with Gasteiger partial charge in [0, 0.05) is 32.1 Å². The van der Waals surface area contributed by atoms with Gasteiger partial charge in [-0.25, -0.2) is 0 Å². The van der Waals surface area contributed by atoms with E-state index in [1.807, 2.05) is 0 Å². The zero-order valence-corrected chi connectivity index (χ0v) is 8.49. The SMILES string of the molecule is O=C(O)CCC12CC(=O)CC1CC(=O)C2. The van der Waals surface area contributed by atoms with Gasteiger partial charge in [0.2, 0.25) is 0 Å². The van der Waals surface area contributed by atoms with E-state index >= 15 is 0 Å². The molecule has 4 heteroatoms. The molecule has 0 atom stereocenters. The average Bonchev–Trinajstić information content (AvgIpc) is 2.53. The zero-order chi connectivity index (χ0) is 11.1. The van der Waals surface area contributed by atoms with E-state index in [0.717, 1.165) is 0 Å². The quantitative estimate of drug-likeness (QED) is 0.759. The normalized spacial score (nSPS) is 34.5. The van der Waals surface area contributed by atoms with Crippen LogP contribution in [0.3, 0.4) is 0 Å². The van der Waals surface area contributed by atoms with Gasteiger partial charge in [-0.2, -0.15) is 0 Å². The first kappa shape index (κ1) is 10.3. The third-order valence-corrected chi connectivity index (χ3v) is 3.75. The van der Waals surface area contributed by atoms with Crippen LogP contribution >= 0.6 is 0 Å². The van der Waals surface area contributed by atoms with E-state index in [0.29, 0.717) is 32.1 Å². The number of aliphatic carboxylic acids is 1. The molecule has 0 aliphatic heterocycles. The highest BCUT2D eigenvalue weighted by molar-refractivity contribution is 5.90. The van der Waals surface area contributed by atoms with Crippen molar-refractivity contribution in [3.63, 3.8) is 0 Å². The third-order valence-electron chi connectivity index (χ3n) is 3.75. The summed E-state index contributed by atoms with van der Waals surface area (Å²) in [5.74, 6) is -0.338. The van der Waals surface area contributed by atoms with Gasteiger partial charge in [0.25, 0.3) is 0 Å². The summed E-state index contributed by atoms with van der Waals surface area (Å²) in [6, 6.07) is 0. The molecule has 2 saturated carbocycles. The summed E-state index contributed by atoms with van der Waals surface area (Å²) in [7, 11) is 0. The molecule has 0 aromatic heterocycles. The van der Waals surface area contributed by atoms with Crippen molar-refractivity contribution in [2.75, 3.05) is 0 Å². The molecule has 0 spiro atoms. The third kappa shape index (κ3) is 1.80. The van der Waals surface area contributed by atoms with Crippen LogP contribution in [0.15, 0.2) is 0 Å². The van der Waals surface area contributed by atoms with Gasteiger partial charge in [-0.15, -0.1) is 0 Å². The predicted octanol–water partition coefficient (Wildman–Crippen LogP) is 1.18. The number of carbonyl (C=O) groups is 3. The fourth-order valence-electron chi connectivity index (χ4n) is 3.07. The van der Waals surface area contributed by atoms with Gasteiger partial charge in [0.05, 0.1) is 0 Å². The smallest absolute Gasteiger partial charge is 0.303 e. The summed E-state index contributed by atoms with van der Waals surface area (Å²) in [6.07, 6.45) is 2.33. The monoisotopic (exact) mass is 210 g/mol. The summed E-state index contributed by atoms with van der Waals surface area (Å²) < 4.78 is 0. The molecular weight excluding hydrogens is 196 g/mol. The van der Waals surface area contributed by atoms with Crippen LogP contribution in [0.5, 0.6) is 0 Å². The molecule has 0 aromatic carbocycles. The summed E-state index contributed by atoms with van der Waals surface area (Å²) in [6.45, 7) is 0. The molecule has 0 unspecified atom stereocenters. The van der Waals surface area contributed by atoms with Crippen molar-refractivity contribution < 1.29 is 19.5 Å². The molecule has 0 aromatic rings. The largest absolute Gasteiger partial charge is 0.481 e. The Morgan fingerprint density at radius 2 is 1.80 bits per heavy atom. The number of fused-ring (bicyclic) bond motifs is 1. The van der Waals surface area contributed by atoms with Gasteiger partial charge >= 0.3 is 5.97 Å². The van der Waals surface area contributed by atoms with Crippen LogP contribution in [0, 0.1) is 11.3 Å². The standard InChI is InChI=1S/C11H14O4/c12-8-3-7-4-9(13)6-11(7,5-8)2-1-10(14)15/h7H,1-6H2,(H,14,15). The lowest BCUT2D eigenvalue weighted by molar-refractivity contribution is -0.138. The van der Waals surface area contributed by atoms with E-state index < -0.39 is 5.97 Å². The highest BCUT2D eigenvalue weighted by Crippen LogP contribution is 2.54. The van der Waals surface area contributed by atoms with E-state index in [2.05, 4.69) is 0 Å². The molecule has 1 N–H and O–H groups in total. The van der Waals surface area contributed by atoms with E-state index in [9.17, 15) is 14.4 Å². The molecule has 2 rings (SSSR count). The van der Waals surface area contributed by atoms with Crippen LogP contribution in [-0.4, -0.2) is 22.6 Å². The Labute approximate surface area is 87.7 Å². The molecule has 0 bridgehead atoms. The maximum Gasteiger partial charge on any atom is 0.303 e.